The molecule has 1 aliphatic heterocycles. The fourth-order valence-corrected chi connectivity index (χ4v) is 4.05. The predicted molar refractivity (Wildman–Crippen MR) is 104 cm³/mol. The minimum Gasteiger partial charge on any atom is -0.393 e. The zero-order chi connectivity index (χ0) is 21.1. The van der Waals surface area contributed by atoms with E-state index in [0.717, 1.165) is 55.7 Å². The number of likely N-dealkylation sites (tertiary alicyclic amines) is 1. The lowest BCUT2D eigenvalue weighted by Crippen LogP contribution is -2.35. The molecule has 0 atom stereocenters. The molecule has 0 radical (unpaired) electrons. The number of rotatable bonds is 6. The third-order valence-corrected chi connectivity index (χ3v) is 6.52. The Kier molecular flexibility index (Phi) is 6.50. The first kappa shape index (κ1) is 21.6. The molecule has 2 aromatic rings. The third-order valence-electron chi connectivity index (χ3n) is 5.02. The van der Waals surface area contributed by atoms with Gasteiger partial charge in [-0.2, -0.15) is 13.2 Å². The van der Waals surface area contributed by atoms with E-state index >= 15 is 0 Å². The van der Waals surface area contributed by atoms with Crippen molar-refractivity contribution < 1.29 is 26.7 Å². The number of alkyl halides is 3. The standard InChI is InChI=1S/C20H23F3N2O3S/c21-20(22,23)29(27,28)19-7-5-17(6-8-19)24-13-15-3-1-2-4-16(15)14-25-11-9-18(26)10-12-25/h1-8,18,24,26H,9-14H2. The van der Waals surface area contributed by atoms with Gasteiger partial charge in [-0.1, -0.05) is 24.3 Å². The van der Waals surface area contributed by atoms with Gasteiger partial charge in [0.05, 0.1) is 11.0 Å². The van der Waals surface area contributed by atoms with Crippen LogP contribution in [0.1, 0.15) is 24.0 Å². The minimum absolute atomic E-state index is 0.229. The Labute approximate surface area is 168 Å². The molecular formula is C20H23F3N2O3S. The highest BCUT2D eigenvalue weighted by Gasteiger charge is 2.46. The average Bonchev–Trinajstić information content (AvgIpc) is 2.68. The van der Waals surface area contributed by atoms with Gasteiger partial charge in [-0.3, -0.25) is 4.90 Å². The van der Waals surface area contributed by atoms with E-state index in [1.807, 2.05) is 24.3 Å². The number of benzene rings is 2. The van der Waals surface area contributed by atoms with E-state index in [1.165, 1.54) is 12.1 Å². The van der Waals surface area contributed by atoms with E-state index in [-0.39, 0.29) is 6.10 Å². The Morgan fingerprint density at radius 3 is 2.17 bits per heavy atom. The Balaban J connectivity index is 1.65. The minimum atomic E-state index is -5.34. The van der Waals surface area contributed by atoms with Gasteiger partial charge in [-0.15, -0.1) is 0 Å². The van der Waals surface area contributed by atoms with Crippen LogP contribution in [0.4, 0.5) is 18.9 Å². The van der Waals surface area contributed by atoms with Crippen LogP contribution in [-0.4, -0.2) is 43.1 Å². The van der Waals surface area contributed by atoms with Crippen molar-refractivity contribution in [3.63, 3.8) is 0 Å². The lowest BCUT2D eigenvalue weighted by Gasteiger charge is -2.30. The van der Waals surface area contributed by atoms with Crippen molar-refractivity contribution in [2.24, 2.45) is 0 Å². The van der Waals surface area contributed by atoms with Gasteiger partial charge in [0, 0.05) is 31.9 Å². The van der Waals surface area contributed by atoms with Crippen LogP contribution in [0.15, 0.2) is 53.4 Å². The molecule has 1 heterocycles. The van der Waals surface area contributed by atoms with Crippen molar-refractivity contribution >= 4 is 15.5 Å². The van der Waals surface area contributed by atoms with Crippen LogP contribution < -0.4 is 5.32 Å². The van der Waals surface area contributed by atoms with E-state index < -0.39 is 20.2 Å². The van der Waals surface area contributed by atoms with Crippen LogP contribution in [-0.2, 0) is 22.9 Å². The first-order valence-electron chi connectivity index (χ1n) is 9.29. The maximum atomic E-state index is 12.6. The van der Waals surface area contributed by atoms with E-state index in [4.69, 9.17) is 0 Å². The maximum Gasteiger partial charge on any atom is 0.501 e. The average molecular weight is 428 g/mol. The van der Waals surface area contributed by atoms with Crippen LogP contribution >= 0.6 is 0 Å². The van der Waals surface area contributed by atoms with Gasteiger partial charge < -0.3 is 10.4 Å². The molecule has 2 aromatic carbocycles. The molecule has 5 nitrogen and oxygen atoms in total. The third kappa shape index (κ3) is 5.29. The van der Waals surface area contributed by atoms with E-state index in [9.17, 15) is 26.7 Å². The number of halogens is 3. The lowest BCUT2D eigenvalue weighted by molar-refractivity contribution is -0.0436. The summed E-state index contributed by atoms with van der Waals surface area (Å²) in [7, 11) is -5.34. The first-order valence-corrected chi connectivity index (χ1v) is 10.8. The van der Waals surface area contributed by atoms with Gasteiger partial charge in [0.2, 0.25) is 0 Å². The summed E-state index contributed by atoms with van der Waals surface area (Å²) in [6, 6.07) is 12.4. The molecule has 3 rings (SSSR count). The highest BCUT2D eigenvalue weighted by atomic mass is 32.2. The topological polar surface area (TPSA) is 69.6 Å². The van der Waals surface area contributed by atoms with Crippen molar-refractivity contribution in [1.82, 2.24) is 4.90 Å². The number of hydrogen-bond donors (Lipinski definition) is 2. The number of sulfone groups is 1. The number of anilines is 1. The first-order chi connectivity index (χ1) is 13.7. The summed E-state index contributed by atoms with van der Waals surface area (Å²) in [5.74, 6) is 0. The molecule has 0 bridgehead atoms. The molecule has 2 N–H and O–H groups in total. The number of piperidine rings is 1. The molecule has 158 valence electrons. The molecule has 0 amide bonds. The zero-order valence-corrected chi connectivity index (χ0v) is 16.5. The lowest BCUT2D eigenvalue weighted by atomic mass is 10.0. The molecule has 0 unspecified atom stereocenters. The normalized spacial score (nSPS) is 16.7. The molecule has 0 saturated carbocycles. The van der Waals surface area contributed by atoms with E-state index in [1.54, 1.807) is 0 Å². The summed E-state index contributed by atoms with van der Waals surface area (Å²) in [5.41, 5.74) is -2.61. The van der Waals surface area contributed by atoms with Crippen molar-refractivity contribution in [3.8, 4) is 0 Å². The smallest absolute Gasteiger partial charge is 0.393 e. The summed E-state index contributed by atoms with van der Waals surface area (Å²) < 4.78 is 60.7. The fourth-order valence-electron chi connectivity index (χ4n) is 3.29. The van der Waals surface area contributed by atoms with Crippen LogP contribution in [0.2, 0.25) is 0 Å². The second kappa shape index (κ2) is 8.73. The number of nitrogens with one attached hydrogen (secondary N) is 1. The monoisotopic (exact) mass is 428 g/mol. The maximum absolute atomic E-state index is 12.6. The number of hydrogen-bond acceptors (Lipinski definition) is 5. The Morgan fingerprint density at radius 1 is 1.00 bits per heavy atom. The van der Waals surface area contributed by atoms with Gasteiger partial charge >= 0.3 is 5.51 Å². The molecule has 1 fully saturated rings. The highest BCUT2D eigenvalue weighted by molar-refractivity contribution is 7.92. The Morgan fingerprint density at radius 2 is 1.59 bits per heavy atom. The number of nitrogens with zero attached hydrogens (tertiary/aromatic N) is 1. The highest BCUT2D eigenvalue weighted by Crippen LogP contribution is 2.30. The molecular weight excluding hydrogens is 405 g/mol. The van der Waals surface area contributed by atoms with E-state index in [2.05, 4.69) is 10.2 Å². The second-order valence-electron chi connectivity index (χ2n) is 7.10. The molecule has 1 aliphatic rings. The zero-order valence-electron chi connectivity index (χ0n) is 15.7. The Bertz CT molecular complexity index is 923. The summed E-state index contributed by atoms with van der Waals surface area (Å²) >= 11 is 0. The molecule has 29 heavy (non-hydrogen) atoms. The van der Waals surface area contributed by atoms with Crippen LogP contribution in [0, 0.1) is 0 Å². The van der Waals surface area contributed by atoms with Crippen molar-refractivity contribution in [2.75, 3.05) is 18.4 Å². The molecule has 0 spiro atoms. The van der Waals surface area contributed by atoms with Crippen molar-refractivity contribution in [3.05, 3.63) is 59.7 Å². The summed E-state index contributed by atoms with van der Waals surface area (Å²) in [4.78, 5) is 1.51. The fraction of sp³-hybridized carbons (Fsp3) is 0.400. The Hall–Kier alpha value is -2.10. The summed E-state index contributed by atoms with van der Waals surface area (Å²) in [6.45, 7) is 2.88. The number of aliphatic hydroxyl groups is 1. The second-order valence-corrected chi connectivity index (χ2v) is 9.04. The van der Waals surface area contributed by atoms with Crippen LogP contribution in [0.3, 0.4) is 0 Å². The molecule has 9 heteroatoms. The van der Waals surface area contributed by atoms with Crippen molar-refractivity contribution in [1.29, 1.82) is 0 Å². The molecule has 0 aromatic heterocycles. The van der Waals surface area contributed by atoms with Crippen molar-refractivity contribution in [2.45, 2.75) is 42.4 Å². The summed E-state index contributed by atoms with van der Waals surface area (Å²) in [5, 5.41) is 12.8. The SMILES string of the molecule is O=S(=O)(c1ccc(NCc2ccccc2CN2CCC(O)CC2)cc1)C(F)(F)F. The predicted octanol–water partition coefficient (Wildman–Crippen LogP) is 3.55. The van der Waals surface area contributed by atoms with Gasteiger partial charge in [-0.25, -0.2) is 8.42 Å². The molecule has 1 saturated heterocycles. The van der Waals surface area contributed by atoms with Crippen LogP contribution in [0.5, 0.6) is 0 Å². The van der Waals surface area contributed by atoms with Gasteiger partial charge in [-0.05, 0) is 48.2 Å². The molecule has 0 aliphatic carbocycles. The number of aliphatic hydroxyl groups excluding tert-OH is 1. The van der Waals surface area contributed by atoms with Gasteiger partial charge in [0.25, 0.3) is 9.84 Å². The quantitative estimate of drug-likeness (QED) is 0.737. The van der Waals surface area contributed by atoms with E-state index in [0.29, 0.717) is 12.2 Å². The van der Waals surface area contributed by atoms with Gasteiger partial charge in [0.1, 0.15) is 0 Å². The van der Waals surface area contributed by atoms with Crippen LogP contribution in [0.25, 0.3) is 0 Å². The largest absolute Gasteiger partial charge is 0.501 e. The summed E-state index contributed by atoms with van der Waals surface area (Å²) in [6.07, 6.45) is 1.29. The van der Waals surface area contributed by atoms with Gasteiger partial charge in [0.15, 0.2) is 0 Å².